The van der Waals surface area contributed by atoms with Gasteiger partial charge >= 0.3 is 6.09 Å². The zero-order valence-electron chi connectivity index (χ0n) is 22.7. The molecule has 0 radical (unpaired) electrons. The Bertz CT molecular complexity index is 1560. The molecule has 0 bridgehead atoms. The summed E-state index contributed by atoms with van der Waals surface area (Å²) in [4.78, 5) is 30.0. The second-order valence-electron chi connectivity index (χ2n) is 9.83. The maximum absolute atomic E-state index is 13.2. The molecule has 1 saturated heterocycles. The molecule has 2 amide bonds. The summed E-state index contributed by atoms with van der Waals surface area (Å²) < 4.78 is 32.6. The first-order valence-electron chi connectivity index (χ1n) is 13.4. The van der Waals surface area contributed by atoms with E-state index in [0.29, 0.717) is 17.1 Å². The highest BCUT2D eigenvalue weighted by molar-refractivity contribution is 7.89. The number of nitriles is 1. The van der Waals surface area contributed by atoms with Gasteiger partial charge in [0, 0.05) is 56.3 Å². The van der Waals surface area contributed by atoms with E-state index in [9.17, 15) is 23.3 Å². The number of sulfonamides is 1. The Balaban J connectivity index is 1.23. The number of carbonyl (C=O) groups is 2. The molecule has 2 aromatic carbocycles. The monoisotopic (exact) mass is 593 g/mol. The van der Waals surface area contributed by atoms with Crippen molar-refractivity contribution < 1.29 is 22.7 Å². The number of ether oxygens (including phenoxy) is 1. The van der Waals surface area contributed by atoms with Crippen LogP contribution in [0.2, 0.25) is 0 Å². The van der Waals surface area contributed by atoms with Crippen molar-refractivity contribution in [2.24, 2.45) is 0 Å². The summed E-state index contributed by atoms with van der Waals surface area (Å²) in [5, 5.41) is 13.3. The van der Waals surface area contributed by atoms with E-state index in [1.54, 1.807) is 6.92 Å². The lowest BCUT2D eigenvalue weighted by Gasteiger charge is -2.33. The summed E-state index contributed by atoms with van der Waals surface area (Å²) in [7, 11) is -3.79. The molecule has 1 aromatic heterocycles. The van der Waals surface area contributed by atoms with E-state index in [1.165, 1.54) is 50.4 Å². The first kappa shape index (κ1) is 28.8. The van der Waals surface area contributed by atoms with Gasteiger partial charge in [0.2, 0.25) is 10.0 Å². The van der Waals surface area contributed by atoms with Crippen molar-refractivity contribution >= 4 is 38.4 Å². The van der Waals surface area contributed by atoms with Gasteiger partial charge in [0.05, 0.1) is 17.1 Å². The average molecular weight is 594 g/mol. The minimum Gasteiger partial charge on any atom is -0.450 e. The van der Waals surface area contributed by atoms with Crippen LogP contribution >= 0.6 is 11.3 Å². The first-order chi connectivity index (χ1) is 19.8. The Morgan fingerprint density at radius 1 is 1.02 bits per heavy atom. The van der Waals surface area contributed by atoms with Gasteiger partial charge in [-0.3, -0.25) is 9.69 Å². The summed E-state index contributed by atoms with van der Waals surface area (Å²) in [5.41, 5.74) is 3.00. The minimum absolute atomic E-state index is 0.0708. The molecule has 0 saturated carbocycles. The number of hydrogen-bond donors (Lipinski definition) is 1. The van der Waals surface area contributed by atoms with E-state index in [2.05, 4.69) is 28.4 Å². The molecule has 2 aliphatic heterocycles. The van der Waals surface area contributed by atoms with E-state index in [1.807, 2.05) is 18.2 Å². The fourth-order valence-corrected chi connectivity index (χ4v) is 7.73. The van der Waals surface area contributed by atoms with Gasteiger partial charge in [-0.1, -0.05) is 30.3 Å². The van der Waals surface area contributed by atoms with Crippen LogP contribution in [-0.2, 0) is 34.3 Å². The zero-order valence-corrected chi connectivity index (χ0v) is 24.3. The van der Waals surface area contributed by atoms with E-state index < -0.39 is 22.0 Å². The van der Waals surface area contributed by atoms with Crippen LogP contribution in [0.3, 0.4) is 0 Å². The van der Waals surface area contributed by atoms with Crippen LogP contribution < -0.4 is 5.32 Å². The molecule has 0 atom stereocenters. The lowest BCUT2D eigenvalue weighted by Crippen LogP contribution is -2.50. The van der Waals surface area contributed by atoms with Gasteiger partial charge < -0.3 is 15.0 Å². The Kier molecular flexibility index (Phi) is 8.70. The lowest BCUT2D eigenvalue weighted by atomic mass is 10.0. The largest absolute Gasteiger partial charge is 0.450 e. The second-order valence-corrected chi connectivity index (χ2v) is 12.9. The Hall–Kier alpha value is -3.76. The smallest absolute Gasteiger partial charge is 0.409 e. The molecule has 0 spiro atoms. The number of carbonyl (C=O) groups excluding carboxylic acids is 2. The van der Waals surface area contributed by atoms with Crippen LogP contribution in [0, 0.1) is 11.3 Å². The third kappa shape index (κ3) is 6.28. The molecule has 0 unspecified atom stereocenters. The van der Waals surface area contributed by atoms with Gasteiger partial charge in [0.15, 0.2) is 0 Å². The van der Waals surface area contributed by atoms with E-state index >= 15 is 0 Å². The quantitative estimate of drug-likeness (QED) is 0.441. The number of thiophene rings is 1. The van der Waals surface area contributed by atoms with Crippen LogP contribution in [0.15, 0.2) is 59.5 Å². The van der Waals surface area contributed by atoms with Crippen molar-refractivity contribution in [1.82, 2.24) is 14.1 Å². The highest BCUT2D eigenvalue weighted by Crippen LogP contribution is 2.37. The fraction of sp³-hybridized carbons (Fsp3) is 0.345. The van der Waals surface area contributed by atoms with Crippen molar-refractivity contribution in [3.05, 3.63) is 81.7 Å². The SMILES string of the molecule is CCOC(=O)N1CCN(S(=O)(=O)c2ccc(C(=O)Nc3sc4c(c3C#N)CCN(Cc3ccccc3)C4)cc2)CC1. The normalized spacial score (nSPS) is 16.0. The Labute approximate surface area is 243 Å². The predicted molar refractivity (Wildman–Crippen MR) is 155 cm³/mol. The average Bonchev–Trinajstić information content (AvgIpc) is 3.33. The third-order valence-electron chi connectivity index (χ3n) is 7.24. The number of rotatable bonds is 7. The Morgan fingerprint density at radius 2 is 1.73 bits per heavy atom. The fourth-order valence-electron chi connectivity index (χ4n) is 5.07. The van der Waals surface area contributed by atoms with Crippen molar-refractivity contribution in [3.8, 4) is 6.07 Å². The summed E-state index contributed by atoms with van der Waals surface area (Å²) in [6.07, 6.45) is 0.286. The van der Waals surface area contributed by atoms with Crippen LogP contribution in [-0.4, -0.2) is 73.9 Å². The van der Waals surface area contributed by atoms with Gasteiger partial charge in [0.25, 0.3) is 5.91 Å². The number of fused-ring (bicyclic) bond motifs is 1. The molecule has 10 nitrogen and oxygen atoms in total. The van der Waals surface area contributed by atoms with Crippen molar-refractivity contribution in [3.63, 3.8) is 0 Å². The number of amides is 2. The molecule has 1 N–H and O–H groups in total. The summed E-state index contributed by atoms with van der Waals surface area (Å²) in [6, 6.07) is 18.3. The minimum atomic E-state index is -3.79. The van der Waals surface area contributed by atoms with Crippen molar-refractivity contribution in [2.75, 3.05) is 44.6 Å². The summed E-state index contributed by atoms with van der Waals surface area (Å²) >= 11 is 1.42. The van der Waals surface area contributed by atoms with Crippen LogP contribution in [0.1, 0.15) is 38.8 Å². The zero-order chi connectivity index (χ0) is 29.0. The molecule has 3 aromatic rings. The maximum Gasteiger partial charge on any atom is 0.409 e. The van der Waals surface area contributed by atoms with Gasteiger partial charge in [-0.15, -0.1) is 11.3 Å². The molecular formula is C29H31N5O5S2. The van der Waals surface area contributed by atoms with Crippen LogP contribution in [0.5, 0.6) is 0 Å². The molecule has 12 heteroatoms. The third-order valence-corrected chi connectivity index (χ3v) is 10.3. The molecule has 41 heavy (non-hydrogen) atoms. The van der Waals surface area contributed by atoms with Crippen molar-refractivity contribution in [2.45, 2.75) is 31.3 Å². The molecule has 2 aliphatic rings. The maximum atomic E-state index is 13.2. The number of nitrogens with zero attached hydrogens (tertiary/aromatic N) is 4. The van der Waals surface area contributed by atoms with Gasteiger partial charge in [-0.05, 0) is 48.7 Å². The Morgan fingerprint density at radius 3 is 2.39 bits per heavy atom. The van der Waals surface area contributed by atoms with Crippen LogP contribution in [0.4, 0.5) is 9.80 Å². The molecule has 5 rings (SSSR count). The topological polar surface area (TPSA) is 123 Å². The number of anilines is 1. The number of nitrogens with one attached hydrogen (secondary N) is 1. The van der Waals surface area contributed by atoms with Crippen molar-refractivity contribution in [1.29, 1.82) is 5.26 Å². The van der Waals surface area contributed by atoms with Gasteiger partial charge in [0.1, 0.15) is 11.1 Å². The molecule has 214 valence electrons. The van der Waals surface area contributed by atoms with Crippen LogP contribution in [0.25, 0.3) is 0 Å². The molecule has 0 aliphatic carbocycles. The molecular weight excluding hydrogens is 562 g/mol. The highest BCUT2D eigenvalue weighted by Gasteiger charge is 2.31. The number of hydrogen-bond acceptors (Lipinski definition) is 8. The van der Waals surface area contributed by atoms with Gasteiger partial charge in [-0.25, -0.2) is 13.2 Å². The number of benzene rings is 2. The predicted octanol–water partition coefficient (Wildman–Crippen LogP) is 3.89. The lowest BCUT2D eigenvalue weighted by molar-refractivity contribution is 0.0933. The number of piperazine rings is 1. The molecule has 3 heterocycles. The second kappa shape index (κ2) is 12.4. The first-order valence-corrected chi connectivity index (χ1v) is 15.7. The van der Waals surface area contributed by atoms with E-state index in [4.69, 9.17) is 4.74 Å². The standard InChI is InChI=1S/C29H31N5O5S2/c1-2-39-29(36)33-14-16-34(17-15-33)41(37,38)23-10-8-22(9-11-23)27(35)31-28-25(18-30)24-12-13-32(20-26(24)40-28)19-21-6-4-3-5-7-21/h3-11H,2,12-17,19-20H2,1H3,(H,31,35). The summed E-state index contributed by atoms with van der Waals surface area (Å²) in [6.45, 7) is 5.14. The highest BCUT2D eigenvalue weighted by atomic mass is 32.2. The summed E-state index contributed by atoms with van der Waals surface area (Å²) in [5.74, 6) is -0.409. The van der Waals surface area contributed by atoms with Gasteiger partial charge in [-0.2, -0.15) is 9.57 Å². The molecule has 1 fully saturated rings. The van der Waals surface area contributed by atoms with E-state index in [0.717, 1.165) is 30.0 Å². The van der Waals surface area contributed by atoms with E-state index in [-0.39, 0.29) is 43.2 Å².